The Bertz CT molecular complexity index is 471. The lowest BCUT2D eigenvalue weighted by molar-refractivity contribution is -0.199. The Labute approximate surface area is 119 Å². The number of hydrogen-bond donors (Lipinski definition) is 0. The van der Waals surface area contributed by atoms with E-state index >= 15 is 0 Å². The molecule has 0 saturated carbocycles. The van der Waals surface area contributed by atoms with Crippen LogP contribution in [0.25, 0.3) is 0 Å². The van der Waals surface area contributed by atoms with Crippen LogP contribution >= 0.6 is 0 Å². The van der Waals surface area contributed by atoms with E-state index < -0.39 is 24.2 Å². The molecule has 0 fully saturated rings. The normalized spacial score (nSPS) is 12.6. The van der Waals surface area contributed by atoms with Gasteiger partial charge >= 0.3 is 18.1 Å². The number of esters is 2. The molecule has 0 aliphatic rings. The van der Waals surface area contributed by atoms with Crippen LogP contribution in [0.5, 0.6) is 0 Å². The van der Waals surface area contributed by atoms with Gasteiger partial charge in [0.25, 0.3) is 0 Å². The van der Waals surface area contributed by atoms with Crippen molar-refractivity contribution in [1.82, 2.24) is 0 Å². The number of halogens is 3. The highest BCUT2D eigenvalue weighted by Crippen LogP contribution is 2.16. The van der Waals surface area contributed by atoms with E-state index in [1.165, 1.54) is 0 Å². The van der Waals surface area contributed by atoms with Crippen LogP contribution in [0.3, 0.4) is 0 Å². The van der Waals surface area contributed by atoms with Crippen molar-refractivity contribution >= 4 is 11.9 Å². The number of rotatable bonds is 6. The predicted molar refractivity (Wildman–Crippen MR) is 67.6 cm³/mol. The monoisotopic (exact) mass is 304 g/mol. The molecule has 0 aromatic heterocycles. The van der Waals surface area contributed by atoms with Crippen LogP contribution in [0, 0.1) is 0 Å². The van der Waals surface area contributed by atoms with Gasteiger partial charge in [0.1, 0.15) is 0 Å². The van der Waals surface area contributed by atoms with E-state index in [4.69, 9.17) is 4.74 Å². The third-order valence-electron chi connectivity index (χ3n) is 2.54. The van der Waals surface area contributed by atoms with Gasteiger partial charge in [0, 0.05) is 0 Å². The first-order chi connectivity index (χ1) is 9.80. The SMILES string of the molecule is CC(CCCOC(=O)C(F)(F)F)OC(=O)c1ccccc1. The van der Waals surface area contributed by atoms with E-state index in [2.05, 4.69) is 4.74 Å². The first-order valence-corrected chi connectivity index (χ1v) is 6.30. The molecular formula is C14H15F3O4. The van der Waals surface area contributed by atoms with E-state index in [-0.39, 0.29) is 13.0 Å². The molecule has 116 valence electrons. The third kappa shape index (κ3) is 6.29. The summed E-state index contributed by atoms with van der Waals surface area (Å²) >= 11 is 0. The fourth-order valence-electron chi connectivity index (χ4n) is 1.50. The van der Waals surface area contributed by atoms with Crippen molar-refractivity contribution in [3.8, 4) is 0 Å². The summed E-state index contributed by atoms with van der Waals surface area (Å²) in [6, 6.07) is 8.34. The molecule has 0 heterocycles. The topological polar surface area (TPSA) is 52.6 Å². The molecule has 0 saturated heterocycles. The van der Waals surface area contributed by atoms with Crippen LogP contribution in [-0.2, 0) is 14.3 Å². The lowest BCUT2D eigenvalue weighted by Crippen LogP contribution is -2.26. The van der Waals surface area contributed by atoms with Gasteiger partial charge < -0.3 is 9.47 Å². The molecule has 1 aromatic rings. The van der Waals surface area contributed by atoms with Crippen LogP contribution < -0.4 is 0 Å². The zero-order valence-corrected chi connectivity index (χ0v) is 11.4. The van der Waals surface area contributed by atoms with Gasteiger partial charge in [-0.3, -0.25) is 0 Å². The Morgan fingerprint density at radius 3 is 2.38 bits per heavy atom. The van der Waals surface area contributed by atoms with Crippen molar-refractivity contribution in [3.63, 3.8) is 0 Å². The maximum atomic E-state index is 11.9. The van der Waals surface area contributed by atoms with Crippen molar-refractivity contribution < 1.29 is 32.2 Å². The molecule has 1 aromatic carbocycles. The van der Waals surface area contributed by atoms with Crippen molar-refractivity contribution in [1.29, 1.82) is 0 Å². The summed E-state index contributed by atoms with van der Waals surface area (Å²) in [5.74, 6) is -2.72. The molecule has 7 heteroatoms. The summed E-state index contributed by atoms with van der Waals surface area (Å²) in [4.78, 5) is 22.1. The fourth-order valence-corrected chi connectivity index (χ4v) is 1.50. The van der Waals surface area contributed by atoms with Gasteiger partial charge in [0.2, 0.25) is 0 Å². The average Bonchev–Trinajstić information content (AvgIpc) is 2.43. The lowest BCUT2D eigenvalue weighted by Gasteiger charge is -2.13. The van der Waals surface area contributed by atoms with E-state index in [1.807, 2.05) is 0 Å². The average molecular weight is 304 g/mol. The first-order valence-electron chi connectivity index (χ1n) is 6.30. The first kappa shape index (κ1) is 17.0. The van der Waals surface area contributed by atoms with E-state index in [9.17, 15) is 22.8 Å². The second kappa shape index (κ2) is 7.66. The van der Waals surface area contributed by atoms with E-state index in [1.54, 1.807) is 37.3 Å². The van der Waals surface area contributed by atoms with E-state index in [0.29, 0.717) is 12.0 Å². The van der Waals surface area contributed by atoms with Gasteiger partial charge in [-0.15, -0.1) is 0 Å². The number of carbonyl (C=O) groups excluding carboxylic acids is 2. The zero-order valence-electron chi connectivity index (χ0n) is 11.4. The summed E-state index contributed by atoms with van der Waals surface area (Å²) in [5.41, 5.74) is 0.396. The third-order valence-corrected chi connectivity index (χ3v) is 2.54. The predicted octanol–water partition coefficient (Wildman–Crippen LogP) is 3.12. The highest BCUT2D eigenvalue weighted by molar-refractivity contribution is 5.89. The number of hydrogen-bond acceptors (Lipinski definition) is 4. The van der Waals surface area contributed by atoms with Crippen LogP contribution in [-0.4, -0.2) is 30.8 Å². The van der Waals surface area contributed by atoms with Crippen LogP contribution in [0.2, 0.25) is 0 Å². The summed E-state index contributed by atoms with van der Waals surface area (Å²) in [6.45, 7) is 1.25. The minimum atomic E-state index is -4.98. The lowest BCUT2D eigenvalue weighted by atomic mass is 10.2. The Kier molecular flexibility index (Phi) is 6.20. The van der Waals surface area contributed by atoms with Gasteiger partial charge in [-0.2, -0.15) is 13.2 Å². The highest BCUT2D eigenvalue weighted by atomic mass is 19.4. The zero-order chi connectivity index (χ0) is 15.9. The molecule has 1 unspecified atom stereocenters. The largest absolute Gasteiger partial charge is 0.490 e. The van der Waals surface area contributed by atoms with Gasteiger partial charge in [-0.1, -0.05) is 18.2 Å². The van der Waals surface area contributed by atoms with Crippen LogP contribution in [0.4, 0.5) is 13.2 Å². The fraction of sp³-hybridized carbons (Fsp3) is 0.429. The Hall–Kier alpha value is -2.05. The number of ether oxygens (including phenoxy) is 2. The number of benzene rings is 1. The molecule has 4 nitrogen and oxygen atoms in total. The van der Waals surface area contributed by atoms with Gasteiger partial charge in [0.05, 0.1) is 18.3 Å². The van der Waals surface area contributed by atoms with Crippen LogP contribution in [0.1, 0.15) is 30.1 Å². The second-order valence-corrected chi connectivity index (χ2v) is 4.36. The van der Waals surface area contributed by atoms with Gasteiger partial charge in [-0.05, 0) is 31.9 Å². The molecule has 0 aliphatic carbocycles. The minimum absolute atomic E-state index is 0.172. The Morgan fingerprint density at radius 1 is 1.19 bits per heavy atom. The molecule has 0 N–H and O–H groups in total. The van der Waals surface area contributed by atoms with E-state index in [0.717, 1.165) is 0 Å². The molecule has 0 bridgehead atoms. The van der Waals surface area contributed by atoms with Gasteiger partial charge in [-0.25, -0.2) is 9.59 Å². The van der Waals surface area contributed by atoms with Crippen molar-refractivity contribution in [3.05, 3.63) is 35.9 Å². The standard InChI is InChI=1S/C14H15F3O4/c1-10(6-5-9-20-13(19)14(15,16)17)21-12(18)11-7-3-2-4-8-11/h2-4,7-8,10H,5-6,9H2,1H3. The summed E-state index contributed by atoms with van der Waals surface area (Å²) in [7, 11) is 0. The maximum absolute atomic E-state index is 11.9. The summed E-state index contributed by atoms with van der Waals surface area (Å²) in [6.07, 6.45) is -5.00. The van der Waals surface area contributed by atoms with Crippen molar-refractivity contribution in [2.75, 3.05) is 6.61 Å². The summed E-state index contributed by atoms with van der Waals surface area (Å²) in [5, 5.41) is 0. The second-order valence-electron chi connectivity index (χ2n) is 4.36. The summed E-state index contributed by atoms with van der Waals surface area (Å²) < 4.78 is 44.7. The molecule has 21 heavy (non-hydrogen) atoms. The van der Waals surface area contributed by atoms with Crippen molar-refractivity contribution in [2.45, 2.75) is 32.0 Å². The molecule has 1 atom stereocenters. The smallest absolute Gasteiger partial charge is 0.459 e. The van der Waals surface area contributed by atoms with Crippen molar-refractivity contribution in [2.24, 2.45) is 0 Å². The van der Waals surface area contributed by atoms with Gasteiger partial charge in [0.15, 0.2) is 0 Å². The molecule has 0 aliphatic heterocycles. The number of carbonyl (C=O) groups is 2. The van der Waals surface area contributed by atoms with Crippen LogP contribution in [0.15, 0.2) is 30.3 Å². The quantitative estimate of drug-likeness (QED) is 0.598. The highest BCUT2D eigenvalue weighted by Gasteiger charge is 2.40. The maximum Gasteiger partial charge on any atom is 0.490 e. The molecule has 0 spiro atoms. The molecule has 0 radical (unpaired) electrons. The molecular weight excluding hydrogens is 289 g/mol. The Balaban J connectivity index is 2.24. The molecule has 0 amide bonds. The number of alkyl halides is 3. The molecule has 1 rings (SSSR count). The minimum Gasteiger partial charge on any atom is -0.459 e. The Morgan fingerprint density at radius 2 is 1.81 bits per heavy atom.